The molecule has 0 rings (SSSR count). The molecule has 0 unspecified atom stereocenters. The third kappa shape index (κ3) is 9.12. The van der Waals surface area contributed by atoms with Crippen LogP contribution in [0.2, 0.25) is 0 Å². The standard InChI is InChI=1S/C13H28N2O2/c1-4-7-9-15(10-8-13(16)17)12-11-14(5-2)6-3/h4-12H2,1-3H3,(H,16,17). The van der Waals surface area contributed by atoms with Gasteiger partial charge in [0, 0.05) is 19.6 Å². The molecule has 17 heavy (non-hydrogen) atoms. The summed E-state index contributed by atoms with van der Waals surface area (Å²) in [7, 11) is 0. The minimum absolute atomic E-state index is 0.252. The zero-order valence-corrected chi connectivity index (χ0v) is 11.6. The van der Waals surface area contributed by atoms with Gasteiger partial charge in [-0.3, -0.25) is 4.79 Å². The van der Waals surface area contributed by atoms with Gasteiger partial charge in [0.15, 0.2) is 0 Å². The Bertz CT molecular complexity index is 194. The average Bonchev–Trinajstić information content (AvgIpc) is 2.32. The smallest absolute Gasteiger partial charge is 0.304 e. The maximum Gasteiger partial charge on any atom is 0.304 e. The fourth-order valence-electron chi connectivity index (χ4n) is 1.79. The van der Waals surface area contributed by atoms with Crippen LogP contribution in [-0.4, -0.2) is 60.1 Å². The normalized spacial score (nSPS) is 11.4. The van der Waals surface area contributed by atoms with E-state index in [0.29, 0.717) is 6.54 Å². The molecule has 0 saturated carbocycles. The van der Waals surface area contributed by atoms with Crippen molar-refractivity contribution < 1.29 is 9.90 Å². The molecule has 0 amide bonds. The Morgan fingerprint density at radius 2 is 1.53 bits per heavy atom. The monoisotopic (exact) mass is 244 g/mol. The molecular formula is C13H28N2O2. The average molecular weight is 244 g/mol. The van der Waals surface area contributed by atoms with Crippen LogP contribution in [0.4, 0.5) is 0 Å². The summed E-state index contributed by atoms with van der Waals surface area (Å²) in [6.45, 7) is 12.3. The fourth-order valence-corrected chi connectivity index (χ4v) is 1.79. The van der Waals surface area contributed by atoms with Gasteiger partial charge >= 0.3 is 5.97 Å². The molecule has 0 spiro atoms. The summed E-state index contributed by atoms with van der Waals surface area (Å²) in [5, 5.41) is 8.72. The molecule has 0 aliphatic rings. The van der Waals surface area contributed by atoms with Gasteiger partial charge in [-0.25, -0.2) is 0 Å². The van der Waals surface area contributed by atoms with E-state index in [1.165, 1.54) is 0 Å². The van der Waals surface area contributed by atoms with E-state index in [9.17, 15) is 4.79 Å². The highest BCUT2D eigenvalue weighted by Crippen LogP contribution is 1.98. The second kappa shape index (κ2) is 10.5. The maximum atomic E-state index is 10.6. The Hall–Kier alpha value is -0.610. The highest BCUT2D eigenvalue weighted by molar-refractivity contribution is 5.66. The Labute approximate surface area is 106 Å². The lowest BCUT2D eigenvalue weighted by molar-refractivity contribution is -0.137. The van der Waals surface area contributed by atoms with Crippen molar-refractivity contribution in [3.63, 3.8) is 0 Å². The van der Waals surface area contributed by atoms with Crippen LogP contribution in [0.1, 0.15) is 40.0 Å². The molecule has 102 valence electrons. The van der Waals surface area contributed by atoms with Crippen LogP contribution in [0, 0.1) is 0 Å². The fraction of sp³-hybridized carbons (Fsp3) is 0.923. The molecule has 0 aliphatic heterocycles. The quantitative estimate of drug-likeness (QED) is 0.603. The van der Waals surface area contributed by atoms with Crippen molar-refractivity contribution in [3.8, 4) is 0 Å². The van der Waals surface area contributed by atoms with Crippen LogP contribution in [-0.2, 0) is 4.79 Å². The highest BCUT2D eigenvalue weighted by Gasteiger charge is 2.08. The van der Waals surface area contributed by atoms with Crippen LogP contribution >= 0.6 is 0 Å². The molecule has 0 aromatic rings. The molecule has 0 atom stereocenters. The van der Waals surface area contributed by atoms with Gasteiger partial charge in [0.2, 0.25) is 0 Å². The number of carboxylic acid groups (broad SMARTS) is 1. The molecule has 0 heterocycles. The largest absolute Gasteiger partial charge is 0.481 e. The summed E-state index contributed by atoms with van der Waals surface area (Å²) in [6, 6.07) is 0. The highest BCUT2D eigenvalue weighted by atomic mass is 16.4. The van der Waals surface area contributed by atoms with Crippen LogP contribution in [0.25, 0.3) is 0 Å². The van der Waals surface area contributed by atoms with Crippen molar-refractivity contribution in [2.24, 2.45) is 0 Å². The van der Waals surface area contributed by atoms with E-state index in [0.717, 1.165) is 45.6 Å². The number of likely N-dealkylation sites (N-methyl/N-ethyl adjacent to an activating group) is 1. The van der Waals surface area contributed by atoms with Crippen molar-refractivity contribution in [2.45, 2.75) is 40.0 Å². The van der Waals surface area contributed by atoms with Crippen molar-refractivity contribution in [2.75, 3.05) is 39.3 Å². The zero-order valence-electron chi connectivity index (χ0n) is 11.6. The Morgan fingerprint density at radius 1 is 0.941 bits per heavy atom. The molecule has 0 aliphatic carbocycles. The van der Waals surface area contributed by atoms with E-state index in [4.69, 9.17) is 5.11 Å². The molecule has 1 N–H and O–H groups in total. The third-order valence-electron chi connectivity index (χ3n) is 3.10. The first kappa shape index (κ1) is 16.4. The molecule has 4 nitrogen and oxygen atoms in total. The molecule has 0 fully saturated rings. The van der Waals surface area contributed by atoms with Gasteiger partial charge in [0.05, 0.1) is 6.42 Å². The molecule has 0 saturated heterocycles. The van der Waals surface area contributed by atoms with Gasteiger partial charge in [0.25, 0.3) is 0 Å². The molecule has 0 radical (unpaired) electrons. The van der Waals surface area contributed by atoms with Gasteiger partial charge in [-0.1, -0.05) is 27.2 Å². The summed E-state index contributed by atoms with van der Waals surface area (Å²) in [4.78, 5) is 15.2. The number of hydrogen-bond donors (Lipinski definition) is 1. The SMILES string of the molecule is CCCCN(CCC(=O)O)CCN(CC)CC. The lowest BCUT2D eigenvalue weighted by Gasteiger charge is -2.25. The number of carbonyl (C=O) groups is 1. The Morgan fingerprint density at radius 3 is 2.00 bits per heavy atom. The van der Waals surface area contributed by atoms with Crippen molar-refractivity contribution >= 4 is 5.97 Å². The summed E-state index contributed by atoms with van der Waals surface area (Å²) in [5.41, 5.74) is 0. The van der Waals surface area contributed by atoms with E-state index >= 15 is 0 Å². The maximum absolute atomic E-state index is 10.6. The summed E-state index contributed by atoms with van der Waals surface area (Å²) in [6.07, 6.45) is 2.56. The van der Waals surface area contributed by atoms with E-state index in [1.807, 2.05) is 0 Å². The van der Waals surface area contributed by atoms with E-state index in [2.05, 4.69) is 30.6 Å². The first-order valence-electron chi connectivity index (χ1n) is 6.80. The van der Waals surface area contributed by atoms with Gasteiger partial charge in [-0.2, -0.15) is 0 Å². The summed E-state index contributed by atoms with van der Waals surface area (Å²) < 4.78 is 0. The Balaban J connectivity index is 3.94. The number of unbranched alkanes of at least 4 members (excludes halogenated alkanes) is 1. The van der Waals surface area contributed by atoms with Gasteiger partial charge in [-0.05, 0) is 26.1 Å². The van der Waals surface area contributed by atoms with Crippen LogP contribution in [0.15, 0.2) is 0 Å². The second-order valence-corrected chi connectivity index (χ2v) is 4.37. The van der Waals surface area contributed by atoms with Gasteiger partial charge < -0.3 is 14.9 Å². The number of aliphatic carboxylic acids is 1. The minimum Gasteiger partial charge on any atom is -0.481 e. The van der Waals surface area contributed by atoms with Crippen LogP contribution in [0.3, 0.4) is 0 Å². The first-order chi connectivity index (χ1) is 8.13. The number of nitrogens with zero attached hydrogens (tertiary/aromatic N) is 2. The van der Waals surface area contributed by atoms with Crippen LogP contribution < -0.4 is 0 Å². The first-order valence-corrected chi connectivity index (χ1v) is 6.80. The second-order valence-electron chi connectivity index (χ2n) is 4.37. The number of hydrogen-bond acceptors (Lipinski definition) is 3. The Kier molecular flexibility index (Phi) is 10.2. The van der Waals surface area contributed by atoms with E-state index in [1.54, 1.807) is 0 Å². The lowest BCUT2D eigenvalue weighted by Crippen LogP contribution is -2.36. The molecule has 0 bridgehead atoms. The zero-order chi connectivity index (χ0) is 13.1. The lowest BCUT2D eigenvalue weighted by atomic mass is 10.3. The minimum atomic E-state index is -0.700. The summed E-state index contributed by atoms with van der Waals surface area (Å²) in [5.74, 6) is -0.700. The number of rotatable bonds is 11. The van der Waals surface area contributed by atoms with Crippen molar-refractivity contribution in [1.29, 1.82) is 0 Å². The van der Waals surface area contributed by atoms with Crippen molar-refractivity contribution in [1.82, 2.24) is 9.80 Å². The van der Waals surface area contributed by atoms with E-state index in [-0.39, 0.29) is 6.42 Å². The van der Waals surface area contributed by atoms with Gasteiger partial charge in [-0.15, -0.1) is 0 Å². The van der Waals surface area contributed by atoms with E-state index < -0.39 is 5.97 Å². The molecule has 0 aromatic carbocycles. The molecule has 0 aromatic heterocycles. The third-order valence-corrected chi connectivity index (χ3v) is 3.10. The van der Waals surface area contributed by atoms with Crippen LogP contribution in [0.5, 0.6) is 0 Å². The molecule has 4 heteroatoms. The summed E-state index contributed by atoms with van der Waals surface area (Å²) >= 11 is 0. The molecular weight excluding hydrogens is 216 g/mol. The number of carboxylic acids is 1. The topological polar surface area (TPSA) is 43.8 Å². The predicted molar refractivity (Wildman–Crippen MR) is 71.4 cm³/mol. The van der Waals surface area contributed by atoms with Gasteiger partial charge in [0.1, 0.15) is 0 Å². The van der Waals surface area contributed by atoms with Crippen molar-refractivity contribution in [3.05, 3.63) is 0 Å². The predicted octanol–water partition coefficient (Wildman–Crippen LogP) is 1.91.